The molecule has 4 nitrogen and oxygen atoms in total. The zero-order chi connectivity index (χ0) is 22.1. The van der Waals surface area contributed by atoms with Crippen LogP contribution in [-0.4, -0.2) is 28.8 Å². The Morgan fingerprint density at radius 2 is 1.72 bits per heavy atom. The SMILES string of the molecule is N#C[C@H]1[C@@H](c2ccc(-c3cccc(F)c3)cc2)[C@H](CO)N1c1nc(-c2ccccc2)cs1. The molecule has 1 N–H and O–H groups in total. The molecule has 1 aliphatic heterocycles. The van der Waals surface area contributed by atoms with Crippen LogP contribution in [-0.2, 0) is 0 Å². The van der Waals surface area contributed by atoms with Gasteiger partial charge in [0.15, 0.2) is 5.13 Å². The maximum atomic E-state index is 13.6. The van der Waals surface area contributed by atoms with Crippen molar-refractivity contribution in [3.63, 3.8) is 0 Å². The summed E-state index contributed by atoms with van der Waals surface area (Å²) in [5.41, 5.74) is 4.58. The third-order valence-electron chi connectivity index (χ3n) is 5.97. The minimum absolute atomic E-state index is 0.0747. The molecule has 1 saturated heterocycles. The average molecular weight is 442 g/mol. The Morgan fingerprint density at radius 3 is 2.41 bits per heavy atom. The van der Waals surface area contributed by atoms with Crippen LogP contribution in [0.2, 0.25) is 0 Å². The van der Waals surface area contributed by atoms with Gasteiger partial charge in [0.05, 0.1) is 24.4 Å². The summed E-state index contributed by atoms with van der Waals surface area (Å²) in [7, 11) is 0. The summed E-state index contributed by atoms with van der Waals surface area (Å²) >= 11 is 1.48. The summed E-state index contributed by atoms with van der Waals surface area (Å²) in [5, 5.41) is 22.8. The van der Waals surface area contributed by atoms with E-state index in [0.717, 1.165) is 33.1 Å². The molecule has 0 spiro atoms. The number of benzene rings is 3. The molecule has 0 aliphatic carbocycles. The molecule has 1 fully saturated rings. The summed E-state index contributed by atoms with van der Waals surface area (Å²) in [6.45, 7) is -0.0747. The number of aromatic nitrogens is 1. The highest BCUT2D eigenvalue weighted by molar-refractivity contribution is 7.14. The van der Waals surface area contributed by atoms with E-state index in [1.54, 1.807) is 6.07 Å². The van der Waals surface area contributed by atoms with Gasteiger partial charge in [0.25, 0.3) is 0 Å². The standard InChI is InChI=1S/C26H20FN3OS/c27-21-8-4-7-20(13-21)17-9-11-19(12-10-17)25-23(14-28)30(24(25)15-31)26-29-22(16-32-26)18-5-2-1-3-6-18/h1-13,16,23-25,31H,15H2/t23-,24-,25+/m0/s1. The number of hydrogen-bond acceptors (Lipinski definition) is 5. The van der Waals surface area contributed by atoms with Crippen molar-refractivity contribution in [2.75, 3.05) is 11.5 Å². The lowest BCUT2D eigenvalue weighted by Gasteiger charge is -2.51. The second kappa shape index (κ2) is 8.54. The van der Waals surface area contributed by atoms with Crippen molar-refractivity contribution in [3.05, 3.63) is 95.6 Å². The Kier molecular flexibility index (Phi) is 5.44. The predicted octanol–water partition coefficient (Wildman–Crippen LogP) is 5.47. The Bertz CT molecular complexity index is 1270. The second-order valence-electron chi connectivity index (χ2n) is 7.77. The van der Waals surface area contributed by atoms with E-state index in [2.05, 4.69) is 6.07 Å². The van der Waals surface area contributed by atoms with Crippen LogP contribution in [0.3, 0.4) is 0 Å². The number of aliphatic hydroxyl groups is 1. The van der Waals surface area contributed by atoms with Crippen LogP contribution < -0.4 is 4.90 Å². The Labute approximate surface area is 189 Å². The van der Waals surface area contributed by atoms with Crippen LogP contribution in [0.1, 0.15) is 11.5 Å². The number of halogens is 1. The molecule has 1 aliphatic rings. The zero-order valence-corrected chi connectivity index (χ0v) is 17.9. The van der Waals surface area contributed by atoms with Gasteiger partial charge in [0.2, 0.25) is 0 Å². The molecule has 0 saturated carbocycles. The molecular formula is C26H20FN3OS. The summed E-state index contributed by atoms with van der Waals surface area (Å²) in [6.07, 6.45) is 0. The smallest absolute Gasteiger partial charge is 0.187 e. The fourth-order valence-electron chi connectivity index (χ4n) is 4.36. The third-order valence-corrected chi connectivity index (χ3v) is 6.82. The lowest BCUT2D eigenvalue weighted by atomic mass is 9.76. The molecule has 158 valence electrons. The second-order valence-corrected chi connectivity index (χ2v) is 8.61. The first-order valence-corrected chi connectivity index (χ1v) is 11.2. The van der Waals surface area contributed by atoms with Crippen LogP contribution in [0.15, 0.2) is 84.2 Å². The van der Waals surface area contributed by atoms with E-state index >= 15 is 0 Å². The van der Waals surface area contributed by atoms with Gasteiger partial charge in [-0.3, -0.25) is 0 Å². The minimum Gasteiger partial charge on any atom is -0.394 e. The number of anilines is 1. The van der Waals surface area contributed by atoms with E-state index in [-0.39, 0.29) is 24.4 Å². The molecule has 2 heterocycles. The van der Waals surface area contributed by atoms with Crippen molar-refractivity contribution in [1.29, 1.82) is 5.26 Å². The molecule has 3 aromatic carbocycles. The van der Waals surface area contributed by atoms with Crippen LogP contribution in [0.4, 0.5) is 9.52 Å². The monoisotopic (exact) mass is 441 g/mol. The van der Waals surface area contributed by atoms with Gasteiger partial charge in [-0.2, -0.15) is 5.26 Å². The van der Waals surface area contributed by atoms with Gasteiger partial charge >= 0.3 is 0 Å². The van der Waals surface area contributed by atoms with Gasteiger partial charge in [-0.1, -0.05) is 66.7 Å². The Balaban J connectivity index is 1.41. The molecule has 4 aromatic rings. The molecule has 1 aromatic heterocycles. The summed E-state index contributed by atoms with van der Waals surface area (Å²) < 4.78 is 13.6. The zero-order valence-electron chi connectivity index (χ0n) is 17.1. The molecule has 0 unspecified atom stereocenters. The molecule has 3 atom stereocenters. The number of rotatable bonds is 5. The maximum Gasteiger partial charge on any atom is 0.187 e. The average Bonchev–Trinajstić information content (AvgIpc) is 3.29. The fourth-order valence-corrected chi connectivity index (χ4v) is 5.29. The molecule has 0 amide bonds. The van der Waals surface area contributed by atoms with Crippen LogP contribution in [0.5, 0.6) is 0 Å². The van der Waals surface area contributed by atoms with Gasteiger partial charge in [0.1, 0.15) is 11.9 Å². The van der Waals surface area contributed by atoms with Gasteiger partial charge in [-0.05, 0) is 28.8 Å². The largest absolute Gasteiger partial charge is 0.394 e. The Morgan fingerprint density at radius 1 is 0.969 bits per heavy atom. The highest BCUT2D eigenvalue weighted by atomic mass is 32.1. The van der Waals surface area contributed by atoms with Crippen molar-refractivity contribution in [2.45, 2.75) is 18.0 Å². The van der Waals surface area contributed by atoms with Gasteiger partial charge < -0.3 is 10.0 Å². The van der Waals surface area contributed by atoms with Crippen molar-refractivity contribution in [2.24, 2.45) is 0 Å². The first kappa shape index (κ1) is 20.4. The molecule has 0 radical (unpaired) electrons. The van der Waals surface area contributed by atoms with Crippen molar-refractivity contribution < 1.29 is 9.50 Å². The van der Waals surface area contributed by atoms with E-state index in [4.69, 9.17) is 4.98 Å². The number of aliphatic hydroxyl groups excluding tert-OH is 1. The number of thiazole rings is 1. The molecule has 6 heteroatoms. The summed E-state index contributed by atoms with van der Waals surface area (Å²) in [6, 6.07) is 25.9. The predicted molar refractivity (Wildman–Crippen MR) is 125 cm³/mol. The molecular weight excluding hydrogens is 421 g/mol. The highest BCUT2D eigenvalue weighted by Crippen LogP contribution is 2.45. The number of nitrogens with zero attached hydrogens (tertiary/aromatic N) is 3. The van der Waals surface area contributed by atoms with E-state index in [0.29, 0.717) is 0 Å². The van der Waals surface area contributed by atoms with Gasteiger partial charge in [-0.15, -0.1) is 11.3 Å². The number of nitriles is 1. The summed E-state index contributed by atoms with van der Waals surface area (Å²) in [5.74, 6) is -0.403. The van der Waals surface area contributed by atoms with Gasteiger partial charge in [0, 0.05) is 16.9 Å². The lowest BCUT2D eigenvalue weighted by Crippen LogP contribution is -2.63. The fraction of sp³-hybridized carbons (Fsp3) is 0.154. The lowest BCUT2D eigenvalue weighted by molar-refractivity contribution is 0.187. The van der Waals surface area contributed by atoms with E-state index in [1.807, 2.05) is 70.9 Å². The first-order chi connectivity index (χ1) is 15.7. The van der Waals surface area contributed by atoms with Crippen LogP contribution in [0.25, 0.3) is 22.4 Å². The molecule has 32 heavy (non-hydrogen) atoms. The van der Waals surface area contributed by atoms with Crippen LogP contribution >= 0.6 is 11.3 Å². The van der Waals surface area contributed by atoms with Crippen molar-refractivity contribution >= 4 is 16.5 Å². The Hall–Kier alpha value is -3.53. The summed E-state index contributed by atoms with van der Waals surface area (Å²) in [4.78, 5) is 6.65. The normalized spacial score (nSPS) is 19.9. The van der Waals surface area contributed by atoms with Crippen LogP contribution in [0, 0.1) is 17.1 Å². The van der Waals surface area contributed by atoms with Crippen molar-refractivity contribution in [1.82, 2.24) is 4.98 Å². The molecule has 0 bridgehead atoms. The molecule has 5 rings (SSSR count). The van der Waals surface area contributed by atoms with E-state index < -0.39 is 6.04 Å². The number of hydrogen-bond donors (Lipinski definition) is 1. The van der Waals surface area contributed by atoms with E-state index in [1.165, 1.54) is 23.5 Å². The third kappa shape index (κ3) is 3.56. The quantitative estimate of drug-likeness (QED) is 0.446. The van der Waals surface area contributed by atoms with Gasteiger partial charge in [-0.25, -0.2) is 9.37 Å². The highest BCUT2D eigenvalue weighted by Gasteiger charge is 2.50. The van der Waals surface area contributed by atoms with E-state index in [9.17, 15) is 14.8 Å². The topological polar surface area (TPSA) is 60.1 Å². The minimum atomic E-state index is -0.415. The van der Waals surface area contributed by atoms with Crippen molar-refractivity contribution in [3.8, 4) is 28.5 Å². The first-order valence-electron chi connectivity index (χ1n) is 10.4. The maximum absolute atomic E-state index is 13.6.